The third-order valence-electron chi connectivity index (χ3n) is 3.21. The summed E-state index contributed by atoms with van der Waals surface area (Å²) in [4.78, 5) is 36.2. The average Bonchev–Trinajstić information content (AvgIpc) is 2.47. The Hall–Kier alpha value is -2.09. The minimum absolute atomic E-state index is 0.160. The second-order valence-electron chi connectivity index (χ2n) is 4.75. The lowest BCUT2D eigenvalue weighted by molar-refractivity contribution is -0.141. The van der Waals surface area contributed by atoms with Gasteiger partial charge in [-0.3, -0.25) is 14.5 Å². The molecule has 1 heterocycles. The zero-order valence-corrected chi connectivity index (χ0v) is 13.4. The quantitative estimate of drug-likeness (QED) is 0.810. The highest BCUT2D eigenvalue weighted by Gasteiger charge is 2.28. The Morgan fingerprint density at radius 2 is 2.23 bits per heavy atom. The molecule has 22 heavy (non-hydrogen) atoms. The SMILES string of the molecule is CCC(NC(=O)CN1C(=O)COc2cc(Br)ccc21)C(=O)O. The minimum Gasteiger partial charge on any atom is -0.482 e. The summed E-state index contributed by atoms with van der Waals surface area (Å²) < 4.78 is 6.12. The molecule has 2 rings (SSSR count). The first-order chi connectivity index (χ1) is 10.4. The minimum atomic E-state index is -1.10. The fraction of sp³-hybridized carbons (Fsp3) is 0.357. The normalized spacial score (nSPS) is 14.8. The van der Waals surface area contributed by atoms with Gasteiger partial charge in [-0.1, -0.05) is 22.9 Å². The summed E-state index contributed by atoms with van der Waals surface area (Å²) in [5, 5.41) is 11.3. The molecule has 2 N–H and O–H groups in total. The molecular weight excluding hydrogens is 356 g/mol. The van der Waals surface area contributed by atoms with Gasteiger partial charge >= 0.3 is 5.97 Å². The molecule has 1 unspecified atom stereocenters. The monoisotopic (exact) mass is 370 g/mol. The number of carbonyl (C=O) groups is 3. The summed E-state index contributed by atoms with van der Waals surface area (Å²) in [6.07, 6.45) is 0.266. The number of carboxylic acid groups (broad SMARTS) is 1. The van der Waals surface area contributed by atoms with E-state index in [-0.39, 0.29) is 25.5 Å². The second-order valence-corrected chi connectivity index (χ2v) is 5.66. The van der Waals surface area contributed by atoms with E-state index in [1.54, 1.807) is 25.1 Å². The number of halogens is 1. The summed E-state index contributed by atoms with van der Waals surface area (Å²) in [6.45, 7) is 1.25. The molecular formula is C14H15BrN2O5. The van der Waals surface area contributed by atoms with Crippen LogP contribution in [0.15, 0.2) is 22.7 Å². The van der Waals surface area contributed by atoms with Gasteiger partial charge in [0.05, 0.1) is 5.69 Å². The van der Waals surface area contributed by atoms with Crippen molar-refractivity contribution in [2.24, 2.45) is 0 Å². The van der Waals surface area contributed by atoms with Crippen molar-refractivity contribution in [3.8, 4) is 5.75 Å². The van der Waals surface area contributed by atoms with Crippen LogP contribution in [0.4, 0.5) is 5.69 Å². The number of anilines is 1. The highest BCUT2D eigenvalue weighted by atomic mass is 79.9. The van der Waals surface area contributed by atoms with Crippen LogP contribution in [0.3, 0.4) is 0 Å². The average molecular weight is 371 g/mol. The number of rotatable bonds is 5. The van der Waals surface area contributed by atoms with Crippen LogP contribution in [-0.4, -0.2) is 42.1 Å². The zero-order chi connectivity index (χ0) is 16.3. The van der Waals surface area contributed by atoms with Gasteiger partial charge in [-0.15, -0.1) is 0 Å². The molecule has 0 saturated heterocycles. The maximum atomic E-state index is 12.0. The van der Waals surface area contributed by atoms with Gasteiger partial charge in [0, 0.05) is 4.47 Å². The molecule has 0 radical (unpaired) electrons. The number of ether oxygens (including phenoxy) is 1. The zero-order valence-electron chi connectivity index (χ0n) is 11.8. The maximum Gasteiger partial charge on any atom is 0.326 e. The first kappa shape index (κ1) is 16.3. The molecule has 1 aliphatic heterocycles. The molecule has 0 aromatic heterocycles. The number of hydrogen-bond acceptors (Lipinski definition) is 4. The number of carboxylic acids is 1. The van der Waals surface area contributed by atoms with Gasteiger partial charge in [0.1, 0.15) is 18.3 Å². The fourth-order valence-corrected chi connectivity index (χ4v) is 2.41. The molecule has 7 nitrogen and oxygen atoms in total. The van der Waals surface area contributed by atoms with Crippen LogP contribution in [0.1, 0.15) is 13.3 Å². The van der Waals surface area contributed by atoms with Crippen LogP contribution >= 0.6 is 15.9 Å². The van der Waals surface area contributed by atoms with Gasteiger partial charge < -0.3 is 15.2 Å². The molecule has 1 aliphatic rings. The molecule has 1 aromatic rings. The number of hydrogen-bond donors (Lipinski definition) is 2. The lowest BCUT2D eigenvalue weighted by Crippen LogP contribution is -2.48. The second kappa shape index (κ2) is 6.78. The van der Waals surface area contributed by atoms with Crippen LogP contribution in [0.25, 0.3) is 0 Å². The van der Waals surface area contributed by atoms with E-state index in [1.807, 2.05) is 0 Å². The number of benzene rings is 1. The predicted molar refractivity (Wildman–Crippen MR) is 81.8 cm³/mol. The van der Waals surface area contributed by atoms with Gasteiger partial charge in [-0.2, -0.15) is 0 Å². The van der Waals surface area contributed by atoms with Crippen molar-refractivity contribution in [3.05, 3.63) is 22.7 Å². The van der Waals surface area contributed by atoms with Gasteiger partial charge in [0.2, 0.25) is 5.91 Å². The van der Waals surface area contributed by atoms with E-state index in [0.717, 1.165) is 4.47 Å². The number of fused-ring (bicyclic) bond motifs is 1. The van der Waals surface area contributed by atoms with E-state index >= 15 is 0 Å². The third-order valence-corrected chi connectivity index (χ3v) is 3.70. The van der Waals surface area contributed by atoms with E-state index < -0.39 is 17.9 Å². The number of carbonyl (C=O) groups excluding carboxylic acids is 2. The first-order valence-electron chi connectivity index (χ1n) is 6.67. The summed E-state index contributed by atoms with van der Waals surface area (Å²) in [6, 6.07) is 4.14. The van der Waals surface area contributed by atoms with E-state index in [9.17, 15) is 14.4 Å². The van der Waals surface area contributed by atoms with Crippen molar-refractivity contribution in [1.82, 2.24) is 5.32 Å². The molecule has 0 aliphatic carbocycles. The molecule has 1 aromatic carbocycles. The van der Waals surface area contributed by atoms with Crippen LogP contribution in [0.2, 0.25) is 0 Å². The van der Waals surface area contributed by atoms with Crippen LogP contribution in [-0.2, 0) is 14.4 Å². The Kier molecular flexibility index (Phi) is 5.02. The van der Waals surface area contributed by atoms with Crippen molar-refractivity contribution in [1.29, 1.82) is 0 Å². The largest absolute Gasteiger partial charge is 0.482 e. The third kappa shape index (κ3) is 3.56. The van der Waals surface area contributed by atoms with E-state index in [1.165, 1.54) is 4.90 Å². The number of amides is 2. The molecule has 0 fully saturated rings. The summed E-state index contributed by atoms with van der Waals surface area (Å²) in [5.74, 6) is -1.49. The predicted octanol–water partition coefficient (Wildman–Crippen LogP) is 1.15. The Balaban J connectivity index is 2.14. The fourth-order valence-electron chi connectivity index (χ4n) is 2.07. The molecule has 0 saturated carbocycles. The van der Waals surface area contributed by atoms with E-state index in [2.05, 4.69) is 21.2 Å². The first-order valence-corrected chi connectivity index (χ1v) is 7.46. The van der Waals surface area contributed by atoms with Crippen molar-refractivity contribution >= 4 is 39.4 Å². The summed E-state index contributed by atoms with van der Waals surface area (Å²) in [7, 11) is 0. The van der Waals surface area contributed by atoms with Crippen molar-refractivity contribution in [3.63, 3.8) is 0 Å². The number of nitrogens with one attached hydrogen (secondary N) is 1. The van der Waals surface area contributed by atoms with E-state index in [0.29, 0.717) is 11.4 Å². The number of aliphatic carboxylic acids is 1. The van der Waals surface area contributed by atoms with Crippen molar-refractivity contribution < 1.29 is 24.2 Å². The molecule has 1 atom stereocenters. The summed E-state index contributed by atoms with van der Waals surface area (Å²) in [5.41, 5.74) is 0.484. The molecule has 8 heteroatoms. The van der Waals surface area contributed by atoms with E-state index in [4.69, 9.17) is 9.84 Å². The highest BCUT2D eigenvalue weighted by Crippen LogP contribution is 2.34. The van der Waals surface area contributed by atoms with Gasteiger partial charge in [-0.25, -0.2) is 4.79 Å². The van der Waals surface area contributed by atoms with Crippen LogP contribution < -0.4 is 15.0 Å². The highest BCUT2D eigenvalue weighted by molar-refractivity contribution is 9.10. The smallest absolute Gasteiger partial charge is 0.326 e. The lowest BCUT2D eigenvalue weighted by atomic mass is 10.2. The summed E-state index contributed by atoms with van der Waals surface area (Å²) >= 11 is 3.31. The van der Waals surface area contributed by atoms with Gasteiger partial charge in [0.25, 0.3) is 5.91 Å². The standard InChI is InChI=1S/C14H15BrN2O5/c1-2-9(14(20)21)16-12(18)6-17-10-4-3-8(15)5-11(10)22-7-13(17)19/h3-5,9H,2,6-7H2,1H3,(H,16,18)(H,20,21). The van der Waals surface area contributed by atoms with Crippen LogP contribution in [0, 0.1) is 0 Å². The Labute approximate surface area is 135 Å². The topological polar surface area (TPSA) is 95.9 Å². The number of nitrogens with zero attached hydrogens (tertiary/aromatic N) is 1. The Morgan fingerprint density at radius 3 is 2.86 bits per heavy atom. The van der Waals surface area contributed by atoms with Gasteiger partial charge in [-0.05, 0) is 24.6 Å². The van der Waals surface area contributed by atoms with Crippen LogP contribution in [0.5, 0.6) is 5.75 Å². The molecule has 0 spiro atoms. The van der Waals surface area contributed by atoms with Crippen molar-refractivity contribution in [2.45, 2.75) is 19.4 Å². The Morgan fingerprint density at radius 1 is 1.50 bits per heavy atom. The molecule has 2 amide bonds. The van der Waals surface area contributed by atoms with Crippen molar-refractivity contribution in [2.75, 3.05) is 18.1 Å². The maximum absolute atomic E-state index is 12.0. The molecule has 0 bridgehead atoms. The van der Waals surface area contributed by atoms with Gasteiger partial charge in [0.15, 0.2) is 6.61 Å². The lowest BCUT2D eigenvalue weighted by Gasteiger charge is -2.29. The Bertz CT molecular complexity index is 619. The molecule has 118 valence electrons.